The highest BCUT2D eigenvalue weighted by Crippen LogP contribution is 2.45. The van der Waals surface area contributed by atoms with Crippen molar-refractivity contribution in [3.05, 3.63) is 58.9 Å². The van der Waals surface area contributed by atoms with E-state index in [2.05, 4.69) is 4.98 Å². The van der Waals surface area contributed by atoms with Gasteiger partial charge < -0.3 is 14.9 Å². The molecule has 2 atom stereocenters. The first-order chi connectivity index (χ1) is 15.2. The number of anilines is 1. The normalized spacial score (nSPS) is 23.1. The number of nitriles is 1. The predicted molar refractivity (Wildman–Crippen MR) is 111 cm³/mol. The molecular formula is C23H23F3N4O2. The van der Waals surface area contributed by atoms with E-state index in [1.807, 2.05) is 11.8 Å². The van der Waals surface area contributed by atoms with E-state index in [4.69, 9.17) is 5.26 Å². The molecule has 0 aliphatic carbocycles. The number of likely N-dealkylation sites (tertiary alicyclic amines) is 1. The third kappa shape index (κ3) is 3.91. The average Bonchev–Trinajstić information content (AvgIpc) is 3.17. The maximum Gasteiger partial charge on any atom is 0.417 e. The van der Waals surface area contributed by atoms with Crippen LogP contribution in [0.2, 0.25) is 0 Å². The number of hydrogen-bond donors (Lipinski definition) is 1. The number of hydrogen-bond acceptors (Lipinski definition) is 5. The predicted octanol–water partition coefficient (Wildman–Crippen LogP) is 3.24. The molecular weight excluding hydrogens is 421 g/mol. The molecule has 1 amide bonds. The van der Waals surface area contributed by atoms with Crippen molar-refractivity contribution in [1.29, 1.82) is 5.26 Å². The monoisotopic (exact) mass is 444 g/mol. The number of alkyl halides is 3. The van der Waals surface area contributed by atoms with Gasteiger partial charge in [-0.25, -0.2) is 0 Å². The lowest BCUT2D eigenvalue weighted by Gasteiger charge is -2.42. The zero-order valence-corrected chi connectivity index (χ0v) is 17.6. The first kappa shape index (κ1) is 22.1. The second-order valence-corrected chi connectivity index (χ2v) is 8.69. The van der Waals surface area contributed by atoms with Gasteiger partial charge in [-0.2, -0.15) is 18.4 Å². The Balaban J connectivity index is 1.57. The van der Waals surface area contributed by atoms with Crippen LogP contribution in [0.1, 0.15) is 33.5 Å². The number of carbonyl (C=O) groups is 1. The van der Waals surface area contributed by atoms with Crippen LogP contribution in [-0.2, 0) is 6.18 Å². The Morgan fingerprint density at radius 2 is 2.09 bits per heavy atom. The third-order valence-electron chi connectivity index (χ3n) is 6.65. The molecule has 0 bridgehead atoms. The first-order valence-corrected chi connectivity index (χ1v) is 10.3. The van der Waals surface area contributed by atoms with E-state index >= 15 is 0 Å². The Morgan fingerprint density at radius 1 is 1.31 bits per heavy atom. The number of rotatable bonds is 3. The highest BCUT2D eigenvalue weighted by atomic mass is 19.4. The lowest BCUT2D eigenvalue weighted by atomic mass is 9.73. The molecule has 6 nitrogen and oxygen atoms in total. The highest BCUT2D eigenvalue weighted by molar-refractivity contribution is 5.94. The zero-order valence-electron chi connectivity index (χ0n) is 17.6. The zero-order chi connectivity index (χ0) is 23.1. The van der Waals surface area contributed by atoms with Crippen molar-refractivity contribution in [2.24, 2.45) is 11.3 Å². The van der Waals surface area contributed by atoms with Gasteiger partial charge >= 0.3 is 6.18 Å². The van der Waals surface area contributed by atoms with Crippen LogP contribution in [0, 0.1) is 29.6 Å². The lowest BCUT2D eigenvalue weighted by molar-refractivity contribution is -0.137. The highest BCUT2D eigenvalue weighted by Gasteiger charge is 2.50. The van der Waals surface area contributed by atoms with Crippen molar-refractivity contribution in [2.75, 3.05) is 37.7 Å². The lowest BCUT2D eigenvalue weighted by Crippen LogP contribution is -2.50. The molecule has 168 valence electrons. The summed E-state index contributed by atoms with van der Waals surface area (Å²) in [5.41, 5.74) is -0.135. The van der Waals surface area contributed by atoms with Crippen molar-refractivity contribution in [3.8, 4) is 6.07 Å². The Labute approximate surface area is 183 Å². The molecule has 32 heavy (non-hydrogen) atoms. The van der Waals surface area contributed by atoms with Crippen molar-refractivity contribution in [2.45, 2.75) is 19.5 Å². The second-order valence-electron chi connectivity index (χ2n) is 8.69. The minimum absolute atomic E-state index is 0.0899. The van der Waals surface area contributed by atoms with Gasteiger partial charge in [-0.15, -0.1) is 0 Å². The summed E-state index contributed by atoms with van der Waals surface area (Å²) in [5.74, 6) is -0.225. The van der Waals surface area contributed by atoms with E-state index < -0.39 is 22.7 Å². The number of pyridine rings is 1. The third-order valence-corrected chi connectivity index (χ3v) is 6.65. The number of aromatic nitrogens is 1. The SMILES string of the molecule is Cc1cncc(C(=O)N2CC[C@@]3(CO)CN(c4ccc(C#N)c(C(F)(F)F)c4)C[C@H]3C2)c1. The molecule has 2 aromatic rings. The standard InChI is InChI=1S/C23H23F3N4O2/c1-15-6-17(10-28-9-15)21(32)29-5-4-22(14-31)13-30(12-18(22)11-29)19-3-2-16(8-27)20(7-19)23(24,25)26/h2-3,6-7,9-10,18,31H,4-5,11-14H2,1H3/t18-,22+/m1/s1. The molecule has 3 heterocycles. The molecule has 4 rings (SSSR count). The van der Waals surface area contributed by atoms with Crippen LogP contribution in [-0.4, -0.2) is 53.7 Å². The molecule has 0 saturated carbocycles. The number of aryl methyl sites for hydroxylation is 1. The molecule has 1 aromatic heterocycles. The largest absolute Gasteiger partial charge is 0.417 e. The summed E-state index contributed by atoms with van der Waals surface area (Å²) in [5, 5.41) is 19.2. The molecule has 9 heteroatoms. The Bertz CT molecular complexity index is 1080. The molecule has 0 radical (unpaired) electrons. The molecule has 2 fully saturated rings. The van der Waals surface area contributed by atoms with Crippen LogP contribution in [0.25, 0.3) is 0 Å². The summed E-state index contributed by atoms with van der Waals surface area (Å²) in [4.78, 5) is 20.6. The number of aliphatic hydroxyl groups excluding tert-OH is 1. The van der Waals surface area contributed by atoms with Crippen molar-refractivity contribution < 1.29 is 23.1 Å². The maximum absolute atomic E-state index is 13.4. The molecule has 1 N–H and O–H groups in total. The molecule has 0 spiro atoms. The number of halogens is 3. The molecule has 2 aliphatic rings. The number of carbonyl (C=O) groups excluding carboxylic acids is 1. The molecule has 1 aromatic carbocycles. The van der Waals surface area contributed by atoms with E-state index in [9.17, 15) is 23.1 Å². The summed E-state index contributed by atoms with van der Waals surface area (Å²) in [6.45, 7) is 3.43. The van der Waals surface area contributed by atoms with Crippen LogP contribution in [0.5, 0.6) is 0 Å². The minimum atomic E-state index is -4.63. The van der Waals surface area contributed by atoms with E-state index in [0.717, 1.165) is 11.6 Å². The number of aliphatic hydroxyl groups is 1. The Morgan fingerprint density at radius 3 is 2.75 bits per heavy atom. The fourth-order valence-corrected chi connectivity index (χ4v) is 4.84. The van der Waals surface area contributed by atoms with Gasteiger partial charge in [0.05, 0.1) is 29.4 Å². The smallest absolute Gasteiger partial charge is 0.396 e. The van der Waals surface area contributed by atoms with Crippen LogP contribution >= 0.6 is 0 Å². The van der Waals surface area contributed by atoms with Crippen LogP contribution in [0.3, 0.4) is 0 Å². The van der Waals surface area contributed by atoms with Gasteiger partial charge in [-0.1, -0.05) is 0 Å². The summed E-state index contributed by atoms with van der Waals surface area (Å²) in [7, 11) is 0. The summed E-state index contributed by atoms with van der Waals surface area (Å²) in [6.07, 6.45) is -0.879. The maximum atomic E-state index is 13.4. The average molecular weight is 444 g/mol. The van der Waals surface area contributed by atoms with Crippen LogP contribution in [0.15, 0.2) is 36.7 Å². The number of benzene rings is 1. The van der Waals surface area contributed by atoms with Gasteiger partial charge in [-0.05, 0) is 43.2 Å². The van der Waals surface area contributed by atoms with Gasteiger partial charge in [0.2, 0.25) is 0 Å². The molecule has 0 unspecified atom stereocenters. The summed E-state index contributed by atoms with van der Waals surface area (Å²) < 4.78 is 40.2. The topological polar surface area (TPSA) is 80.5 Å². The summed E-state index contributed by atoms with van der Waals surface area (Å²) in [6, 6.07) is 7.08. The fourth-order valence-electron chi connectivity index (χ4n) is 4.84. The first-order valence-electron chi connectivity index (χ1n) is 10.3. The quantitative estimate of drug-likeness (QED) is 0.786. The van der Waals surface area contributed by atoms with Crippen molar-refractivity contribution >= 4 is 11.6 Å². The van der Waals surface area contributed by atoms with Gasteiger partial charge in [0.1, 0.15) is 0 Å². The van der Waals surface area contributed by atoms with Crippen LogP contribution < -0.4 is 4.90 Å². The number of amides is 1. The van der Waals surface area contributed by atoms with Gasteiger partial charge in [0.15, 0.2) is 0 Å². The van der Waals surface area contributed by atoms with Gasteiger partial charge in [-0.3, -0.25) is 9.78 Å². The van der Waals surface area contributed by atoms with Gasteiger partial charge in [0, 0.05) is 55.6 Å². The Kier molecular flexibility index (Phi) is 5.59. The Hall–Kier alpha value is -3.12. The molecule has 2 saturated heterocycles. The second kappa shape index (κ2) is 8.10. The summed E-state index contributed by atoms with van der Waals surface area (Å²) >= 11 is 0. The van der Waals surface area contributed by atoms with Crippen molar-refractivity contribution in [1.82, 2.24) is 9.88 Å². The van der Waals surface area contributed by atoms with Gasteiger partial charge in [0.25, 0.3) is 5.91 Å². The van der Waals surface area contributed by atoms with E-state index in [0.29, 0.717) is 43.9 Å². The number of piperidine rings is 1. The van der Waals surface area contributed by atoms with E-state index in [1.165, 1.54) is 18.3 Å². The van der Waals surface area contributed by atoms with E-state index in [-0.39, 0.29) is 18.4 Å². The van der Waals surface area contributed by atoms with Crippen LogP contribution in [0.4, 0.5) is 18.9 Å². The molecule has 2 aliphatic heterocycles. The number of fused-ring (bicyclic) bond motifs is 1. The van der Waals surface area contributed by atoms with Crippen molar-refractivity contribution in [3.63, 3.8) is 0 Å². The van der Waals surface area contributed by atoms with E-state index in [1.54, 1.807) is 23.2 Å². The fraction of sp³-hybridized carbons (Fsp3) is 0.435. The number of nitrogens with zero attached hydrogens (tertiary/aromatic N) is 4. The minimum Gasteiger partial charge on any atom is -0.396 e.